The van der Waals surface area contributed by atoms with Crippen molar-refractivity contribution < 1.29 is 9.18 Å². The van der Waals surface area contributed by atoms with E-state index in [1.54, 1.807) is 23.5 Å². The first-order valence-corrected chi connectivity index (χ1v) is 8.76. The van der Waals surface area contributed by atoms with Crippen LogP contribution in [0.5, 0.6) is 0 Å². The molecule has 0 aliphatic rings. The summed E-state index contributed by atoms with van der Waals surface area (Å²) in [5.74, 6) is -0.421. The molecule has 0 spiro atoms. The number of thiophene rings is 1. The highest BCUT2D eigenvalue weighted by Gasteiger charge is 2.17. The van der Waals surface area contributed by atoms with Gasteiger partial charge in [-0.25, -0.2) is 4.39 Å². The number of carbonyl (C=O) groups excluding carboxylic acids is 1. The third-order valence-corrected chi connectivity index (χ3v) is 4.89. The van der Waals surface area contributed by atoms with Crippen molar-refractivity contribution in [3.63, 3.8) is 0 Å². The maximum absolute atomic E-state index is 13.1. The molecule has 0 fully saturated rings. The number of nitrogens with one attached hydrogen (secondary N) is 1. The zero-order valence-corrected chi connectivity index (χ0v) is 14.1. The van der Waals surface area contributed by atoms with Crippen LogP contribution in [-0.2, 0) is 6.54 Å². The third-order valence-electron chi connectivity index (χ3n) is 4.04. The molecule has 4 aromatic rings. The fourth-order valence-corrected chi connectivity index (χ4v) is 3.65. The summed E-state index contributed by atoms with van der Waals surface area (Å²) < 4.78 is 16.2. The van der Waals surface area contributed by atoms with Gasteiger partial charge in [-0.1, -0.05) is 30.3 Å². The van der Waals surface area contributed by atoms with Crippen molar-refractivity contribution in [1.82, 2.24) is 4.57 Å². The Balaban J connectivity index is 1.69. The first kappa shape index (κ1) is 15.6. The van der Waals surface area contributed by atoms with Crippen molar-refractivity contribution >= 4 is 33.1 Å². The molecule has 2 aromatic heterocycles. The lowest BCUT2D eigenvalue weighted by atomic mass is 10.2. The molecule has 4 rings (SSSR count). The summed E-state index contributed by atoms with van der Waals surface area (Å²) in [5, 5.41) is 4.93. The van der Waals surface area contributed by atoms with Gasteiger partial charge in [-0.3, -0.25) is 4.79 Å². The van der Waals surface area contributed by atoms with Gasteiger partial charge in [0.15, 0.2) is 0 Å². The van der Waals surface area contributed by atoms with E-state index in [0.717, 1.165) is 21.5 Å². The van der Waals surface area contributed by atoms with Crippen LogP contribution < -0.4 is 5.32 Å². The maximum Gasteiger partial charge on any atom is 0.272 e. The quantitative estimate of drug-likeness (QED) is 0.543. The van der Waals surface area contributed by atoms with Gasteiger partial charge in [0.2, 0.25) is 0 Å². The smallest absolute Gasteiger partial charge is 0.272 e. The number of anilines is 1. The zero-order chi connectivity index (χ0) is 17.2. The Morgan fingerprint density at radius 3 is 2.56 bits per heavy atom. The van der Waals surface area contributed by atoms with E-state index in [-0.39, 0.29) is 11.7 Å². The van der Waals surface area contributed by atoms with Crippen LogP contribution in [0.4, 0.5) is 10.1 Å². The number of carbonyl (C=O) groups is 1. The van der Waals surface area contributed by atoms with Gasteiger partial charge < -0.3 is 9.88 Å². The number of amides is 1. The number of hydrogen-bond acceptors (Lipinski definition) is 2. The van der Waals surface area contributed by atoms with Gasteiger partial charge in [0, 0.05) is 12.2 Å². The number of rotatable bonds is 4. The largest absolute Gasteiger partial charge is 0.331 e. The van der Waals surface area contributed by atoms with Crippen molar-refractivity contribution in [2.45, 2.75) is 6.54 Å². The van der Waals surface area contributed by atoms with Gasteiger partial charge in [-0.2, -0.15) is 0 Å². The number of aromatic nitrogens is 1. The molecule has 2 heterocycles. The fraction of sp³-hybridized carbons (Fsp3) is 0.0500. The predicted molar refractivity (Wildman–Crippen MR) is 99.7 cm³/mol. The van der Waals surface area contributed by atoms with Gasteiger partial charge in [0.05, 0.1) is 10.2 Å². The second kappa shape index (κ2) is 6.53. The van der Waals surface area contributed by atoms with Crippen LogP contribution in [0.1, 0.15) is 16.1 Å². The Morgan fingerprint density at radius 1 is 1.04 bits per heavy atom. The van der Waals surface area contributed by atoms with E-state index in [9.17, 15) is 9.18 Å². The lowest BCUT2D eigenvalue weighted by Gasteiger charge is -2.11. The van der Waals surface area contributed by atoms with E-state index in [0.29, 0.717) is 12.2 Å². The van der Waals surface area contributed by atoms with E-state index in [1.165, 1.54) is 12.1 Å². The highest BCUT2D eigenvalue weighted by atomic mass is 32.1. The van der Waals surface area contributed by atoms with Gasteiger partial charge in [0.1, 0.15) is 11.5 Å². The molecule has 25 heavy (non-hydrogen) atoms. The van der Waals surface area contributed by atoms with Crippen LogP contribution in [0.15, 0.2) is 72.1 Å². The minimum atomic E-state index is -0.265. The number of para-hydroxylation sites is 1. The predicted octanol–water partition coefficient (Wildman–Crippen LogP) is 5.14. The fourth-order valence-electron chi connectivity index (χ4n) is 2.82. The number of fused-ring (bicyclic) bond motifs is 1. The lowest BCUT2D eigenvalue weighted by Crippen LogP contribution is -2.17. The summed E-state index contributed by atoms with van der Waals surface area (Å²) >= 11 is 1.60. The number of halogens is 1. The Hall–Kier alpha value is -2.92. The SMILES string of the molecule is O=C(Nc1ccccc1)c1cc2sccc2n1Cc1ccc(F)cc1. The van der Waals surface area contributed by atoms with Crippen LogP contribution in [-0.4, -0.2) is 10.5 Å². The van der Waals surface area contributed by atoms with Crippen molar-refractivity contribution in [1.29, 1.82) is 0 Å². The summed E-state index contributed by atoms with van der Waals surface area (Å²) in [4.78, 5) is 12.8. The Kier molecular flexibility index (Phi) is 4.07. The lowest BCUT2D eigenvalue weighted by molar-refractivity contribution is 0.101. The van der Waals surface area contributed by atoms with E-state index >= 15 is 0 Å². The number of hydrogen-bond donors (Lipinski definition) is 1. The summed E-state index contributed by atoms with van der Waals surface area (Å²) in [6.45, 7) is 0.512. The van der Waals surface area contributed by atoms with E-state index in [1.807, 2.05) is 52.4 Å². The first-order chi connectivity index (χ1) is 12.2. The number of benzene rings is 2. The monoisotopic (exact) mass is 350 g/mol. The molecule has 5 heteroatoms. The van der Waals surface area contributed by atoms with Crippen molar-refractivity contribution in [3.05, 3.63) is 89.2 Å². The van der Waals surface area contributed by atoms with Gasteiger partial charge >= 0.3 is 0 Å². The second-order valence-electron chi connectivity index (χ2n) is 5.73. The zero-order valence-electron chi connectivity index (χ0n) is 13.3. The van der Waals surface area contributed by atoms with E-state index < -0.39 is 0 Å². The molecule has 0 atom stereocenters. The van der Waals surface area contributed by atoms with Crippen molar-refractivity contribution in [3.8, 4) is 0 Å². The second-order valence-corrected chi connectivity index (χ2v) is 6.68. The molecule has 0 saturated heterocycles. The molecule has 2 aromatic carbocycles. The summed E-state index contributed by atoms with van der Waals surface area (Å²) in [6, 6.07) is 19.6. The Labute approximate surface area is 148 Å². The van der Waals surface area contributed by atoms with Crippen LogP contribution in [0.25, 0.3) is 10.2 Å². The van der Waals surface area contributed by atoms with E-state index in [4.69, 9.17) is 0 Å². The van der Waals surface area contributed by atoms with Gasteiger partial charge in [-0.15, -0.1) is 11.3 Å². The molecule has 0 bridgehead atoms. The summed E-state index contributed by atoms with van der Waals surface area (Å²) in [5.41, 5.74) is 3.30. The number of nitrogens with zero attached hydrogens (tertiary/aromatic N) is 1. The van der Waals surface area contributed by atoms with Crippen LogP contribution in [0.2, 0.25) is 0 Å². The topological polar surface area (TPSA) is 34.0 Å². The highest BCUT2D eigenvalue weighted by molar-refractivity contribution is 7.17. The molecule has 3 nitrogen and oxygen atoms in total. The molecule has 0 aliphatic carbocycles. The highest BCUT2D eigenvalue weighted by Crippen LogP contribution is 2.27. The van der Waals surface area contributed by atoms with Crippen LogP contribution >= 0.6 is 11.3 Å². The molecular weight excluding hydrogens is 335 g/mol. The Morgan fingerprint density at radius 2 is 1.80 bits per heavy atom. The molecular formula is C20H15FN2OS. The molecule has 0 unspecified atom stereocenters. The minimum absolute atomic E-state index is 0.156. The third kappa shape index (κ3) is 3.19. The van der Waals surface area contributed by atoms with E-state index in [2.05, 4.69) is 5.32 Å². The molecule has 0 aliphatic heterocycles. The normalized spacial score (nSPS) is 10.9. The average molecular weight is 350 g/mol. The first-order valence-electron chi connectivity index (χ1n) is 7.88. The standard InChI is InChI=1S/C20H15FN2OS/c21-15-8-6-14(7-9-15)13-23-17-10-11-25-19(17)12-18(23)20(24)22-16-4-2-1-3-5-16/h1-12H,13H2,(H,22,24). The van der Waals surface area contributed by atoms with Crippen LogP contribution in [0.3, 0.4) is 0 Å². The summed E-state index contributed by atoms with van der Waals surface area (Å²) in [6.07, 6.45) is 0. The Bertz CT molecular complexity index is 1020. The van der Waals surface area contributed by atoms with Crippen LogP contribution in [0, 0.1) is 5.82 Å². The molecule has 0 saturated carbocycles. The van der Waals surface area contributed by atoms with Crippen molar-refractivity contribution in [2.24, 2.45) is 0 Å². The molecule has 124 valence electrons. The van der Waals surface area contributed by atoms with Gasteiger partial charge in [-0.05, 0) is 47.3 Å². The van der Waals surface area contributed by atoms with Crippen molar-refractivity contribution in [2.75, 3.05) is 5.32 Å². The van der Waals surface area contributed by atoms with Gasteiger partial charge in [0.25, 0.3) is 5.91 Å². The molecule has 0 radical (unpaired) electrons. The molecule has 1 N–H and O–H groups in total. The molecule has 1 amide bonds. The maximum atomic E-state index is 13.1. The summed E-state index contributed by atoms with van der Waals surface area (Å²) in [7, 11) is 0. The minimum Gasteiger partial charge on any atom is -0.331 e. The average Bonchev–Trinajstić information content (AvgIpc) is 3.20.